The van der Waals surface area contributed by atoms with Crippen LogP contribution in [0.25, 0.3) is 0 Å². The van der Waals surface area contributed by atoms with E-state index in [4.69, 9.17) is 16.3 Å². The van der Waals surface area contributed by atoms with Crippen LogP contribution >= 0.6 is 11.6 Å². The molecule has 122 valence electrons. The van der Waals surface area contributed by atoms with Crippen molar-refractivity contribution in [3.8, 4) is 5.75 Å². The minimum absolute atomic E-state index is 0.107. The standard InChI is InChI=1S/C19H22ClNO2/c1-15(23-18-12-7-11-17(20)14-18)19(22)21-13-6-5-10-16-8-3-2-4-9-16/h2-4,7-9,11-12,14-15H,5-6,10,13H2,1H3,(H,21,22)/t15-/m1/s1. The molecule has 1 atom stereocenters. The Morgan fingerprint density at radius 3 is 2.65 bits per heavy atom. The zero-order valence-electron chi connectivity index (χ0n) is 13.3. The maximum atomic E-state index is 12.0. The molecule has 0 saturated heterocycles. The molecule has 1 amide bonds. The molecule has 0 unspecified atom stereocenters. The Labute approximate surface area is 142 Å². The van der Waals surface area contributed by atoms with Crippen molar-refractivity contribution in [1.29, 1.82) is 0 Å². The summed E-state index contributed by atoms with van der Waals surface area (Å²) in [7, 11) is 0. The lowest BCUT2D eigenvalue weighted by molar-refractivity contribution is -0.127. The van der Waals surface area contributed by atoms with Gasteiger partial charge in [0.25, 0.3) is 5.91 Å². The van der Waals surface area contributed by atoms with Crippen molar-refractivity contribution in [1.82, 2.24) is 5.32 Å². The Balaban J connectivity index is 1.64. The fraction of sp³-hybridized carbons (Fsp3) is 0.316. The molecule has 2 aromatic carbocycles. The van der Waals surface area contributed by atoms with Crippen LogP contribution in [0.3, 0.4) is 0 Å². The van der Waals surface area contributed by atoms with E-state index in [0.29, 0.717) is 17.3 Å². The predicted octanol–water partition coefficient (Wildman–Crippen LogP) is 4.25. The molecule has 0 radical (unpaired) electrons. The van der Waals surface area contributed by atoms with Crippen LogP contribution in [0.4, 0.5) is 0 Å². The van der Waals surface area contributed by atoms with Gasteiger partial charge in [0, 0.05) is 11.6 Å². The highest BCUT2D eigenvalue weighted by Crippen LogP contribution is 2.18. The molecule has 4 heteroatoms. The van der Waals surface area contributed by atoms with Crippen LogP contribution < -0.4 is 10.1 Å². The second-order valence-electron chi connectivity index (χ2n) is 5.45. The van der Waals surface area contributed by atoms with E-state index in [2.05, 4.69) is 17.4 Å². The number of rotatable bonds is 8. The topological polar surface area (TPSA) is 38.3 Å². The van der Waals surface area contributed by atoms with Crippen molar-refractivity contribution in [3.05, 3.63) is 65.2 Å². The maximum Gasteiger partial charge on any atom is 0.260 e. The van der Waals surface area contributed by atoms with E-state index < -0.39 is 6.10 Å². The van der Waals surface area contributed by atoms with Crippen LogP contribution in [0.15, 0.2) is 54.6 Å². The molecule has 0 aliphatic carbocycles. The summed E-state index contributed by atoms with van der Waals surface area (Å²) in [6, 6.07) is 17.4. The fourth-order valence-corrected chi connectivity index (χ4v) is 2.43. The number of hydrogen-bond donors (Lipinski definition) is 1. The number of benzene rings is 2. The lowest BCUT2D eigenvalue weighted by atomic mass is 10.1. The zero-order valence-corrected chi connectivity index (χ0v) is 14.1. The Bertz CT molecular complexity index is 616. The molecule has 2 aromatic rings. The highest BCUT2D eigenvalue weighted by molar-refractivity contribution is 6.30. The lowest BCUT2D eigenvalue weighted by Crippen LogP contribution is -2.36. The Kier molecular flexibility index (Phi) is 6.95. The zero-order chi connectivity index (χ0) is 16.5. The van der Waals surface area contributed by atoms with Gasteiger partial charge in [0.2, 0.25) is 0 Å². The summed E-state index contributed by atoms with van der Waals surface area (Å²) in [5.41, 5.74) is 1.33. The molecule has 3 nitrogen and oxygen atoms in total. The number of halogens is 1. The summed E-state index contributed by atoms with van der Waals surface area (Å²) >= 11 is 5.90. The second-order valence-corrected chi connectivity index (χ2v) is 5.89. The van der Waals surface area contributed by atoms with Crippen molar-refractivity contribution < 1.29 is 9.53 Å². The van der Waals surface area contributed by atoms with Gasteiger partial charge in [-0.05, 0) is 49.9 Å². The molecule has 0 bridgehead atoms. The van der Waals surface area contributed by atoms with Crippen molar-refractivity contribution in [2.75, 3.05) is 6.54 Å². The fourth-order valence-electron chi connectivity index (χ4n) is 2.25. The average molecular weight is 332 g/mol. The van der Waals surface area contributed by atoms with E-state index in [9.17, 15) is 4.79 Å². The van der Waals surface area contributed by atoms with Crippen LogP contribution in [0.5, 0.6) is 5.75 Å². The van der Waals surface area contributed by atoms with Gasteiger partial charge in [0.05, 0.1) is 0 Å². The summed E-state index contributed by atoms with van der Waals surface area (Å²) in [5.74, 6) is 0.494. The highest BCUT2D eigenvalue weighted by Gasteiger charge is 2.13. The molecule has 0 fully saturated rings. The van der Waals surface area contributed by atoms with Gasteiger partial charge >= 0.3 is 0 Å². The smallest absolute Gasteiger partial charge is 0.260 e. The van der Waals surface area contributed by atoms with E-state index in [0.717, 1.165) is 19.3 Å². The molecule has 0 spiro atoms. The number of amides is 1. The third-order valence-electron chi connectivity index (χ3n) is 3.51. The minimum Gasteiger partial charge on any atom is -0.481 e. The predicted molar refractivity (Wildman–Crippen MR) is 93.9 cm³/mol. The van der Waals surface area contributed by atoms with Crippen molar-refractivity contribution >= 4 is 17.5 Å². The van der Waals surface area contributed by atoms with Gasteiger partial charge in [-0.15, -0.1) is 0 Å². The van der Waals surface area contributed by atoms with Gasteiger partial charge in [-0.3, -0.25) is 4.79 Å². The number of carbonyl (C=O) groups excluding carboxylic acids is 1. The monoisotopic (exact) mass is 331 g/mol. The summed E-state index contributed by atoms with van der Waals surface area (Å²) in [4.78, 5) is 12.0. The largest absolute Gasteiger partial charge is 0.481 e. The number of aryl methyl sites for hydroxylation is 1. The third kappa shape index (κ3) is 6.33. The molecular formula is C19H22ClNO2. The van der Waals surface area contributed by atoms with E-state index in [1.54, 1.807) is 31.2 Å². The van der Waals surface area contributed by atoms with Crippen LogP contribution in [0, 0.1) is 0 Å². The van der Waals surface area contributed by atoms with E-state index in [1.807, 2.05) is 18.2 Å². The van der Waals surface area contributed by atoms with Crippen molar-refractivity contribution in [3.63, 3.8) is 0 Å². The molecule has 1 N–H and O–H groups in total. The molecule has 2 rings (SSSR count). The van der Waals surface area contributed by atoms with Gasteiger partial charge in [0.1, 0.15) is 5.75 Å². The normalized spacial score (nSPS) is 11.7. The molecule has 0 heterocycles. The van der Waals surface area contributed by atoms with Crippen molar-refractivity contribution in [2.45, 2.75) is 32.3 Å². The molecule has 0 aromatic heterocycles. The van der Waals surface area contributed by atoms with Gasteiger partial charge in [-0.2, -0.15) is 0 Å². The van der Waals surface area contributed by atoms with Gasteiger partial charge in [-0.25, -0.2) is 0 Å². The molecule has 0 aliphatic heterocycles. The number of nitrogens with one attached hydrogen (secondary N) is 1. The molecule has 0 saturated carbocycles. The summed E-state index contributed by atoms with van der Waals surface area (Å²) < 4.78 is 5.59. The van der Waals surface area contributed by atoms with Gasteiger partial charge < -0.3 is 10.1 Å². The van der Waals surface area contributed by atoms with Crippen LogP contribution in [0.2, 0.25) is 5.02 Å². The first-order valence-electron chi connectivity index (χ1n) is 7.89. The first-order valence-corrected chi connectivity index (χ1v) is 8.27. The molecule has 0 aliphatic rings. The highest BCUT2D eigenvalue weighted by atomic mass is 35.5. The van der Waals surface area contributed by atoms with Crippen LogP contribution in [-0.4, -0.2) is 18.6 Å². The maximum absolute atomic E-state index is 12.0. The van der Waals surface area contributed by atoms with Crippen LogP contribution in [-0.2, 0) is 11.2 Å². The van der Waals surface area contributed by atoms with Crippen LogP contribution in [0.1, 0.15) is 25.3 Å². The Morgan fingerprint density at radius 1 is 1.13 bits per heavy atom. The Morgan fingerprint density at radius 2 is 1.91 bits per heavy atom. The molecule has 23 heavy (non-hydrogen) atoms. The minimum atomic E-state index is -0.539. The first kappa shape index (κ1) is 17.4. The number of unbranched alkanes of at least 4 members (excludes halogenated alkanes) is 1. The second kappa shape index (κ2) is 9.21. The van der Waals surface area contributed by atoms with Gasteiger partial charge in [-0.1, -0.05) is 48.0 Å². The molecular weight excluding hydrogens is 310 g/mol. The summed E-state index contributed by atoms with van der Waals surface area (Å²) in [6.07, 6.45) is 2.49. The number of carbonyl (C=O) groups is 1. The van der Waals surface area contributed by atoms with E-state index >= 15 is 0 Å². The summed E-state index contributed by atoms with van der Waals surface area (Å²) in [6.45, 7) is 2.40. The Hall–Kier alpha value is -2.00. The third-order valence-corrected chi connectivity index (χ3v) is 3.75. The number of ether oxygens (including phenoxy) is 1. The average Bonchev–Trinajstić information content (AvgIpc) is 2.55. The SMILES string of the molecule is C[C@@H](Oc1cccc(Cl)c1)C(=O)NCCCCc1ccccc1. The first-order chi connectivity index (χ1) is 11.1. The van der Waals surface area contributed by atoms with Gasteiger partial charge in [0.15, 0.2) is 6.10 Å². The van der Waals surface area contributed by atoms with E-state index in [1.165, 1.54) is 5.56 Å². The van der Waals surface area contributed by atoms with E-state index in [-0.39, 0.29) is 5.91 Å². The lowest BCUT2D eigenvalue weighted by Gasteiger charge is -2.14. The summed E-state index contributed by atoms with van der Waals surface area (Å²) in [5, 5.41) is 3.50. The number of hydrogen-bond acceptors (Lipinski definition) is 2. The quantitative estimate of drug-likeness (QED) is 0.734. The van der Waals surface area contributed by atoms with Crippen molar-refractivity contribution in [2.24, 2.45) is 0 Å².